The van der Waals surface area contributed by atoms with E-state index >= 15 is 0 Å². The molecule has 36 heavy (non-hydrogen) atoms. The van der Waals surface area contributed by atoms with E-state index in [0.29, 0.717) is 19.3 Å². The van der Waals surface area contributed by atoms with Gasteiger partial charge in [0.25, 0.3) is 11.8 Å². The summed E-state index contributed by atoms with van der Waals surface area (Å²) >= 11 is 17.9. The lowest BCUT2D eigenvalue weighted by molar-refractivity contribution is -0.132. The zero-order chi connectivity index (χ0) is 26.0. The molecule has 13 heteroatoms. The van der Waals surface area contributed by atoms with Gasteiger partial charge in [0.05, 0.1) is 20.5 Å². The lowest BCUT2D eigenvalue weighted by Gasteiger charge is -2.42. The van der Waals surface area contributed by atoms with Crippen molar-refractivity contribution in [2.24, 2.45) is 5.73 Å². The maximum atomic E-state index is 13.7. The molecule has 2 amide bonds. The second kappa shape index (κ2) is 11.2. The van der Waals surface area contributed by atoms with Gasteiger partial charge in [-0.1, -0.05) is 34.8 Å². The first-order chi connectivity index (χ1) is 17.1. The van der Waals surface area contributed by atoms with Crippen LogP contribution >= 0.6 is 34.8 Å². The molecule has 4 rings (SSSR count). The van der Waals surface area contributed by atoms with Gasteiger partial charge in [0.15, 0.2) is 6.17 Å². The minimum atomic E-state index is -4.22. The zero-order valence-electron chi connectivity index (χ0n) is 19.2. The van der Waals surface area contributed by atoms with E-state index in [1.807, 2.05) is 0 Å². The number of aromatic nitrogens is 1. The summed E-state index contributed by atoms with van der Waals surface area (Å²) in [7, 11) is -4.22. The van der Waals surface area contributed by atoms with E-state index in [2.05, 4.69) is 10.3 Å². The van der Waals surface area contributed by atoms with Crippen LogP contribution in [0.25, 0.3) is 0 Å². The number of hydrogen-bond acceptors (Lipinski definition) is 6. The fraction of sp³-hybridized carbons (Fsp3) is 0.435. The molecule has 3 N–H and O–H groups in total. The zero-order valence-corrected chi connectivity index (χ0v) is 22.3. The fourth-order valence-corrected chi connectivity index (χ4v) is 6.61. The number of carbonyl (C=O) groups is 2. The van der Waals surface area contributed by atoms with Crippen LogP contribution in [0, 0.1) is 0 Å². The number of sulfonamides is 1. The average Bonchev–Trinajstić information content (AvgIpc) is 2.86. The quantitative estimate of drug-likeness (QED) is 0.528. The third kappa shape index (κ3) is 5.79. The smallest absolute Gasteiger partial charge is 0.259 e. The molecule has 1 saturated heterocycles. The number of pyridine rings is 1. The van der Waals surface area contributed by atoms with Gasteiger partial charge < -0.3 is 16.0 Å². The summed E-state index contributed by atoms with van der Waals surface area (Å²) in [5, 5.41) is 3.42. The van der Waals surface area contributed by atoms with Crippen molar-refractivity contribution in [3.8, 4) is 0 Å². The highest BCUT2D eigenvalue weighted by atomic mass is 35.5. The fourth-order valence-electron chi connectivity index (χ4n) is 4.51. The number of nitrogens with one attached hydrogen (secondary N) is 1. The molecule has 1 saturated carbocycles. The van der Waals surface area contributed by atoms with Gasteiger partial charge in [-0.3, -0.25) is 9.59 Å². The number of nitrogens with two attached hydrogens (primary N) is 1. The number of benzene rings is 1. The van der Waals surface area contributed by atoms with Gasteiger partial charge in [-0.15, -0.1) is 0 Å². The molecule has 1 aliphatic carbocycles. The number of halogens is 3. The first-order valence-electron chi connectivity index (χ1n) is 11.5. The second-order valence-corrected chi connectivity index (χ2v) is 12.0. The van der Waals surface area contributed by atoms with E-state index in [4.69, 9.17) is 40.5 Å². The number of hydrogen-bond donors (Lipinski definition) is 2. The Morgan fingerprint density at radius 3 is 2.36 bits per heavy atom. The van der Waals surface area contributed by atoms with Gasteiger partial charge in [-0.25, -0.2) is 13.4 Å². The summed E-state index contributed by atoms with van der Waals surface area (Å²) < 4.78 is 28.5. The highest BCUT2D eigenvalue weighted by molar-refractivity contribution is 7.89. The molecule has 1 atom stereocenters. The Hall–Kier alpha value is -1.95. The summed E-state index contributed by atoms with van der Waals surface area (Å²) in [5.41, 5.74) is 6.17. The third-order valence-electron chi connectivity index (χ3n) is 6.43. The predicted octanol–water partition coefficient (Wildman–Crippen LogP) is 3.29. The first kappa shape index (κ1) is 27.1. The Bertz CT molecular complexity index is 1240. The summed E-state index contributed by atoms with van der Waals surface area (Å²) in [6.07, 6.45) is 3.07. The minimum Gasteiger partial charge on any atom is -0.350 e. The van der Waals surface area contributed by atoms with E-state index in [9.17, 15) is 18.0 Å². The number of amides is 2. The maximum Gasteiger partial charge on any atom is 0.259 e. The van der Waals surface area contributed by atoms with Gasteiger partial charge in [0.1, 0.15) is 5.15 Å². The molecule has 0 spiro atoms. The Morgan fingerprint density at radius 1 is 1.00 bits per heavy atom. The summed E-state index contributed by atoms with van der Waals surface area (Å²) in [6.45, 7) is 0.224. The van der Waals surface area contributed by atoms with Crippen LogP contribution in [0.4, 0.5) is 0 Å². The summed E-state index contributed by atoms with van der Waals surface area (Å²) in [4.78, 5) is 32.2. The van der Waals surface area contributed by atoms with Crippen LogP contribution in [0.1, 0.15) is 42.5 Å². The van der Waals surface area contributed by atoms with E-state index in [-0.39, 0.29) is 50.8 Å². The maximum absolute atomic E-state index is 13.7. The Balaban J connectivity index is 1.70. The van der Waals surface area contributed by atoms with Crippen molar-refractivity contribution in [3.63, 3.8) is 0 Å². The lowest BCUT2D eigenvalue weighted by atomic mass is 9.92. The van der Waals surface area contributed by atoms with E-state index in [1.54, 1.807) is 0 Å². The van der Waals surface area contributed by atoms with Crippen molar-refractivity contribution >= 4 is 56.6 Å². The molecular formula is C23H26Cl3N5O4S. The molecule has 1 aliphatic heterocycles. The standard InChI is InChI=1S/C23H26Cl3N5O4S/c24-18-8-7-17(12-19(18)25)36(34,35)31-11-1-10-30(23(33)14-2-9-20(26)28-13-14)22(31)21(32)29-16-5-3-15(27)4-6-16/h2,7-9,12-13,15-16,22H,1,3-6,10-11,27H2,(H,29,32). The Labute approximate surface area is 224 Å². The highest BCUT2D eigenvalue weighted by Gasteiger charge is 2.45. The van der Waals surface area contributed by atoms with E-state index in [1.165, 1.54) is 41.4 Å². The van der Waals surface area contributed by atoms with Crippen LogP contribution in [-0.2, 0) is 14.8 Å². The van der Waals surface area contributed by atoms with Gasteiger partial charge in [-0.05, 0) is 62.4 Å². The van der Waals surface area contributed by atoms with Crippen molar-refractivity contribution in [1.29, 1.82) is 0 Å². The van der Waals surface area contributed by atoms with Crippen molar-refractivity contribution in [2.45, 2.75) is 55.2 Å². The minimum absolute atomic E-state index is 0.0405. The molecule has 9 nitrogen and oxygen atoms in total. The molecule has 194 valence electrons. The van der Waals surface area contributed by atoms with Gasteiger partial charge >= 0.3 is 0 Å². The van der Waals surface area contributed by atoms with Crippen LogP contribution in [0.2, 0.25) is 15.2 Å². The summed E-state index contributed by atoms with van der Waals surface area (Å²) in [5.74, 6) is -1.10. The van der Waals surface area contributed by atoms with Crippen LogP contribution < -0.4 is 11.1 Å². The first-order valence-corrected chi connectivity index (χ1v) is 14.1. The summed E-state index contributed by atoms with van der Waals surface area (Å²) in [6, 6.07) is 6.80. The van der Waals surface area contributed by atoms with Gasteiger partial charge in [0, 0.05) is 31.4 Å². The third-order valence-corrected chi connectivity index (χ3v) is 9.24. The van der Waals surface area contributed by atoms with Crippen molar-refractivity contribution in [1.82, 2.24) is 19.5 Å². The molecule has 2 aromatic rings. The molecule has 1 aromatic carbocycles. The normalized spacial score (nSPS) is 23.3. The SMILES string of the molecule is NC1CCC(NC(=O)C2N(C(=O)c3ccc(Cl)nc3)CCCN2S(=O)(=O)c2ccc(Cl)c(Cl)c2)CC1. The Morgan fingerprint density at radius 2 is 1.72 bits per heavy atom. The van der Waals surface area contributed by atoms with Crippen molar-refractivity contribution in [2.75, 3.05) is 13.1 Å². The van der Waals surface area contributed by atoms with E-state index in [0.717, 1.165) is 17.1 Å². The molecule has 1 unspecified atom stereocenters. The second-order valence-electron chi connectivity index (χ2n) is 8.91. The molecule has 1 aromatic heterocycles. The Kier molecular flexibility index (Phi) is 8.43. The van der Waals surface area contributed by atoms with Gasteiger partial charge in [0.2, 0.25) is 10.0 Å². The van der Waals surface area contributed by atoms with Crippen LogP contribution in [-0.4, -0.2) is 65.8 Å². The average molecular weight is 575 g/mol. The van der Waals surface area contributed by atoms with Gasteiger partial charge in [-0.2, -0.15) is 4.31 Å². The number of carbonyl (C=O) groups excluding carboxylic acids is 2. The molecule has 2 aliphatic rings. The molecule has 2 heterocycles. The molecule has 2 fully saturated rings. The molecule has 0 bridgehead atoms. The topological polar surface area (TPSA) is 126 Å². The molecular weight excluding hydrogens is 549 g/mol. The van der Waals surface area contributed by atoms with Crippen LogP contribution in [0.5, 0.6) is 0 Å². The monoisotopic (exact) mass is 573 g/mol. The number of rotatable bonds is 5. The van der Waals surface area contributed by atoms with Crippen LogP contribution in [0.3, 0.4) is 0 Å². The predicted molar refractivity (Wildman–Crippen MR) is 137 cm³/mol. The molecule has 0 radical (unpaired) electrons. The number of nitrogens with zero attached hydrogens (tertiary/aromatic N) is 3. The lowest BCUT2D eigenvalue weighted by Crippen LogP contribution is -2.64. The van der Waals surface area contributed by atoms with Crippen molar-refractivity contribution in [3.05, 3.63) is 57.3 Å². The van der Waals surface area contributed by atoms with Crippen molar-refractivity contribution < 1.29 is 18.0 Å². The van der Waals surface area contributed by atoms with Crippen LogP contribution in [0.15, 0.2) is 41.4 Å². The largest absolute Gasteiger partial charge is 0.350 e. The van der Waals surface area contributed by atoms with E-state index < -0.39 is 28.0 Å². The highest BCUT2D eigenvalue weighted by Crippen LogP contribution is 2.30.